The van der Waals surface area contributed by atoms with Crippen molar-refractivity contribution in [3.05, 3.63) is 70.6 Å². The maximum Gasteiger partial charge on any atom is 0.408 e. The van der Waals surface area contributed by atoms with Gasteiger partial charge in [0.25, 0.3) is 10.2 Å². The number of rotatable bonds is 12. The van der Waals surface area contributed by atoms with Crippen LogP contribution in [0.5, 0.6) is 0 Å². The van der Waals surface area contributed by atoms with Crippen molar-refractivity contribution in [1.29, 1.82) is 0 Å². The normalized spacial score (nSPS) is 12.1. The lowest BCUT2D eigenvalue weighted by molar-refractivity contribution is -0.118. The summed E-state index contributed by atoms with van der Waals surface area (Å²) >= 11 is 7.18. The van der Waals surface area contributed by atoms with Crippen LogP contribution >= 0.6 is 22.9 Å². The molecule has 5 N–H and O–H groups in total. The van der Waals surface area contributed by atoms with Crippen molar-refractivity contribution in [3.63, 3.8) is 0 Å². The molecule has 1 heterocycles. The number of nitrogens with zero attached hydrogens (tertiary/aromatic N) is 1. The van der Waals surface area contributed by atoms with E-state index in [9.17, 15) is 18.0 Å². The fourth-order valence-electron chi connectivity index (χ4n) is 3.14. The summed E-state index contributed by atoms with van der Waals surface area (Å²) in [5.41, 5.74) is 2.32. The number of thiazole rings is 1. The van der Waals surface area contributed by atoms with E-state index in [2.05, 4.69) is 20.3 Å². The van der Waals surface area contributed by atoms with Gasteiger partial charge < -0.3 is 15.4 Å². The Balaban J connectivity index is 1.60. The number of carbonyl (C=O) groups excluding carboxylic acids is 2. The van der Waals surface area contributed by atoms with Gasteiger partial charge >= 0.3 is 6.09 Å². The maximum atomic E-state index is 13.0. The zero-order valence-corrected chi connectivity index (χ0v) is 21.5. The summed E-state index contributed by atoms with van der Waals surface area (Å²) in [6.07, 6.45) is 0.350. The molecule has 1 atom stereocenters. The number of aromatic nitrogens is 1. The lowest BCUT2D eigenvalue weighted by Crippen LogP contribution is -2.44. The van der Waals surface area contributed by atoms with Gasteiger partial charge in [-0.15, -0.1) is 11.3 Å². The van der Waals surface area contributed by atoms with Crippen molar-refractivity contribution >= 4 is 50.3 Å². The van der Waals surface area contributed by atoms with E-state index in [4.69, 9.17) is 21.5 Å². The fraction of sp³-hybridized carbons (Fsp3) is 0.261. The van der Waals surface area contributed by atoms with E-state index < -0.39 is 28.3 Å². The molecule has 0 fully saturated rings. The number of benzene rings is 2. The quantitative estimate of drug-likeness (QED) is 0.252. The van der Waals surface area contributed by atoms with Gasteiger partial charge in [0.05, 0.1) is 5.69 Å². The molecule has 3 aromatic rings. The van der Waals surface area contributed by atoms with Crippen LogP contribution in [0.1, 0.15) is 24.8 Å². The van der Waals surface area contributed by atoms with Gasteiger partial charge in [-0.05, 0) is 37.0 Å². The zero-order valence-electron chi connectivity index (χ0n) is 19.1. The molecule has 0 spiro atoms. The molecule has 36 heavy (non-hydrogen) atoms. The van der Waals surface area contributed by atoms with Crippen LogP contribution in [0.2, 0.25) is 5.02 Å². The summed E-state index contributed by atoms with van der Waals surface area (Å²) in [5, 5.41) is 13.0. The van der Waals surface area contributed by atoms with E-state index in [1.165, 1.54) is 11.3 Å². The van der Waals surface area contributed by atoms with Gasteiger partial charge in [0.1, 0.15) is 12.6 Å². The summed E-state index contributed by atoms with van der Waals surface area (Å²) in [5.74, 6) is -0.469. The van der Waals surface area contributed by atoms with Gasteiger partial charge in [-0.25, -0.2) is 19.6 Å². The predicted molar refractivity (Wildman–Crippen MR) is 140 cm³/mol. The Hall–Kier alpha value is -3.03. The SMILES string of the molecule is NS(=O)(=O)NCCCC[C@H](NC(=O)OCc1ccccc1)C(=O)Nc1nc(-c2ccc(Cl)cc2)cs1. The van der Waals surface area contributed by atoms with Crippen LogP contribution in [0.3, 0.4) is 0 Å². The monoisotopic (exact) mass is 551 g/mol. The van der Waals surface area contributed by atoms with E-state index in [1.54, 1.807) is 17.5 Å². The summed E-state index contributed by atoms with van der Waals surface area (Å²) in [6.45, 7) is 0.165. The van der Waals surface area contributed by atoms with E-state index in [1.807, 2.05) is 42.5 Å². The molecule has 0 saturated heterocycles. The third-order valence-corrected chi connectivity index (χ3v) is 6.53. The van der Waals surface area contributed by atoms with Crippen LogP contribution in [-0.2, 0) is 26.3 Å². The van der Waals surface area contributed by atoms with Crippen molar-refractivity contribution in [1.82, 2.24) is 15.0 Å². The Labute approximate surface area is 218 Å². The average Bonchev–Trinajstić information content (AvgIpc) is 3.30. The molecule has 0 aliphatic rings. The molecule has 0 saturated carbocycles. The van der Waals surface area contributed by atoms with Gasteiger partial charge in [-0.2, -0.15) is 8.42 Å². The number of carbonyl (C=O) groups is 2. The highest BCUT2D eigenvalue weighted by Crippen LogP contribution is 2.26. The number of nitrogens with two attached hydrogens (primary N) is 1. The smallest absolute Gasteiger partial charge is 0.408 e. The van der Waals surface area contributed by atoms with E-state index in [-0.39, 0.29) is 19.6 Å². The molecule has 192 valence electrons. The first-order chi connectivity index (χ1) is 17.2. The van der Waals surface area contributed by atoms with Gasteiger partial charge in [0.2, 0.25) is 5.91 Å². The van der Waals surface area contributed by atoms with Gasteiger partial charge in [-0.1, -0.05) is 54.1 Å². The molecule has 0 bridgehead atoms. The van der Waals surface area contributed by atoms with Crippen LogP contribution in [0, 0.1) is 0 Å². The maximum absolute atomic E-state index is 13.0. The summed E-state index contributed by atoms with van der Waals surface area (Å²) in [7, 11) is -3.79. The van der Waals surface area contributed by atoms with Gasteiger partial charge in [0, 0.05) is 22.5 Å². The van der Waals surface area contributed by atoms with Crippen LogP contribution in [0.15, 0.2) is 60.0 Å². The predicted octanol–water partition coefficient (Wildman–Crippen LogP) is 3.66. The van der Waals surface area contributed by atoms with Gasteiger partial charge in [0.15, 0.2) is 5.13 Å². The van der Waals surface area contributed by atoms with Crippen LogP contribution in [0.25, 0.3) is 11.3 Å². The number of alkyl carbamates (subject to hydrolysis) is 1. The fourth-order valence-corrected chi connectivity index (χ4v) is 4.42. The molecular formula is C23H26ClN5O5S2. The number of anilines is 1. The highest BCUT2D eigenvalue weighted by atomic mass is 35.5. The standard InChI is InChI=1S/C23H26ClN5O5S2/c24-18-11-9-17(10-12-18)20-15-35-22(27-20)29-21(30)19(8-4-5-13-26-36(25,32)33)28-23(31)34-14-16-6-2-1-3-7-16/h1-3,6-7,9-12,15,19,26H,4-5,8,13-14H2,(H,28,31)(H2,25,32,33)(H,27,29,30)/t19-/m0/s1. The number of unbranched alkanes of at least 4 members (excludes halogenated alkanes) is 1. The third-order valence-electron chi connectivity index (χ3n) is 4.92. The summed E-state index contributed by atoms with van der Waals surface area (Å²) in [4.78, 5) is 29.8. The highest BCUT2D eigenvalue weighted by molar-refractivity contribution is 7.87. The average molecular weight is 552 g/mol. The zero-order chi connectivity index (χ0) is 26.0. The third kappa shape index (κ3) is 9.55. The second-order valence-corrected chi connectivity index (χ2v) is 10.4. The Morgan fingerprint density at radius 1 is 1.08 bits per heavy atom. The first-order valence-corrected chi connectivity index (χ1v) is 13.8. The van der Waals surface area contributed by atoms with Crippen molar-refractivity contribution in [2.24, 2.45) is 5.14 Å². The lowest BCUT2D eigenvalue weighted by atomic mass is 10.1. The number of hydrogen-bond acceptors (Lipinski definition) is 7. The Morgan fingerprint density at radius 3 is 2.50 bits per heavy atom. The topological polar surface area (TPSA) is 153 Å². The molecule has 10 nitrogen and oxygen atoms in total. The second-order valence-electron chi connectivity index (χ2n) is 7.73. The summed E-state index contributed by atoms with van der Waals surface area (Å²) < 4.78 is 29.5. The molecule has 0 unspecified atom stereocenters. The number of nitrogens with one attached hydrogen (secondary N) is 3. The van der Waals surface area contributed by atoms with Crippen molar-refractivity contribution < 1.29 is 22.7 Å². The molecule has 2 amide bonds. The minimum absolute atomic E-state index is 0.0518. The first-order valence-electron chi connectivity index (χ1n) is 11.0. The number of halogens is 1. The Morgan fingerprint density at radius 2 is 1.81 bits per heavy atom. The minimum Gasteiger partial charge on any atom is -0.445 e. The van der Waals surface area contributed by atoms with Crippen molar-refractivity contribution in [2.45, 2.75) is 31.9 Å². The molecule has 0 radical (unpaired) electrons. The van der Waals surface area contributed by atoms with Gasteiger partial charge in [-0.3, -0.25) is 4.79 Å². The molecule has 1 aromatic heterocycles. The van der Waals surface area contributed by atoms with Crippen LogP contribution in [-0.4, -0.2) is 38.0 Å². The molecule has 2 aromatic carbocycles. The minimum atomic E-state index is -3.79. The Bertz CT molecular complexity index is 1250. The van der Waals surface area contributed by atoms with E-state index in [0.29, 0.717) is 28.7 Å². The number of amides is 2. The number of ether oxygens (including phenoxy) is 1. The first kappa shape index (κ1) is 27.6. The van der Waals surface area contributed by atoms with E-state index >= 15 is 0 Å². The van der Waals surface area contributed by atoms with E-state index in [0.717, 1.165) is 11.1 Å². The van der Waals surface area contributed by atoms with Crippen molar-refractivity contribution in [3.8, 4) is 11.3 Å². The molecular weight excluding hydrogens is 526 g/mol. The largest absolute Gasteiger partial charge is 0.445 e. The molecule has 0 aliphatic carbocycles. The van der Waals surface area contributed by atoms with Crippen LogP contribution in [0.4, 0.5) is 9.93 Å². The molecule has 3 rings (SSSR count). The molecule has 13 heteroatoms. The van der Waals surface area contributed by atoms with Crippen molar-refractivity contribution in [2.75, 3.05) is 11.9 Å². The number of hydrogen-bond donors (Lipinski definition) is 4. The Kier molecular flexibility index (Phi) is 10.2. The highest BCUT2D eigenvalue weighted by Gasteiger charge is 2.22. The lowest BCUT2D eigenvalue weighted by Gasteiger charge is -2.17. The summed E-state index contributed by atoms with van der Waals surface area (Å²) in [6, 6.07) is 15.4. The van der Waals surface area contributed by atoms with Crippen LogP contribution < -0.4 is 20.5 Å². The second kappa shape index (κ2) is 13.3. The molecule has 0 aliphatic heterocycles.